The molecule has 0 amide bonds. The first-order chi connectivity index (χ1) is 8.20. The lowest BCUT2D eigenvalue weighted by atomic mass is 9.83. The summed E-state index contributed by atoms with van der Waals surface area (Å²) in [4.78, 5) is 0. The van der Waals surface area contributed by atoms with E-state index >= 15 is 0 Å². The summed E-state index contributed by atoms with van der Waals surface area (Å²) in [5.74, 6) is 1.87. The van der Waals surface area contributed by atoms with Gasteiger partial charge >= 0.3 is 0 Å². The van der Waals surface area contributed by atoms with Crippen LogP contribution in [-0.4, -0.2) is 13.1 Å². The van der Waals surface area contributed by atoms with E-state index in [1.807, 2.05) is 0 Å². The van der Waals surface area contributed by atoms with E-state index in [0.717, 1.165) is 17.3 Å². The summed E-state index contributed by atoms with van der Waals surface area (Å²) in [7, 11) is 0. The van der Waals surface area contributed by atoms with Gasteiger partial charge in [-0.1, -0.05) is 46.0 Å². The molecule has 2 aliphatic rings. The smallest absolute Gasteiger partial charge is 0.000793 e. The van der Waals surface area contributed by atoms with Crippen molar-refractivity contribution < 1.29 is 0 Å². The third-order valence-corrected chi connectivity index (χ3v) is 4.82. The summed E-state index contributed by atoms with van der Waals surface area (Å²) < 4.78 is 0. The molecule has 0 aromatic rings. The van der Waals surface area contributed by atoms with E-state index in [9.17, 15) is 0 Å². The Labute approximate surface area is 108 Å². The van der Waals surface area contributed by atoms with E-state index in [0.29, 0.717) is 0 Å². The van der Waals surface area contributed by atoms with Crippen LogP contribution in [0.4, 0.5) is 0 Å². The van der Waals surface area contributed by atoms with Gasteiger partial charge in [-0.2, -0.15) is 0 Å². The molecule has 0 spiro atoms. The van der Waals surface area contributed by atoms with Crippen molar-refractivity contribution in [2.45, 2.75) is 71.6 Å². The molecule has 0 radical (unpaired) electrons. The first-order valence-electron chi connectivity index (χ1n) is 7.91. The van der Waals surface area contributed by atoms with Crippen molar-refractivity contribution in [2.24, 2.45) is 17.3 Å². The van der Waals surface area contributed by atoms with Crippen LogP contribution in [0.15, 0.2) is 0 Å². The molecule has 2 fully saturated rings. The lowest BCUT2D eigenvalue weighted by Crippen LogP contribution is -2.27. The van der Waals surface area contributed by atoms with Crippen molar-refractivity contribution >= 4 is 0 Å². The third kappa shape index (κ3) is 4.62. The fraction of sp³-hybridized carbons (Fsp3) is 1.00. The molecule has 1 N–H and O–H groups in total. The number of hydrogen-bond acceptors (Lipinski definition) is 1. The van der Waals surface area contributed by atoms with Crippen LogP contribution in [0.3, 0.4) is 0 Å². The maximum Gasteiger partial charge on any atom is 0.000793 e. The van der Waals surface area contributed by atoms with Crippen LogP contribution in [0.2, 0.25) is 0 Å². The van der Waals surface area contributed by atoms with Crippen molar-refractivity contribution in [2.75, 3.05) is 13.1 Å². The third-order valence-electron chi connectivity index (χ3n) is 4.82. The Balaban J connectivity index is 1.60. The van der Waals surface area contributed by atoms with E-state index < -0.39 is 0 Å². The second-order valence-corrected chi connectivity index (χ2v) is 7.07. The Bertz CT molecular complexity index is 212. The predicted molar refractivity (Wildman–Crippen MR) is 75.2 cm³/mol. The molecule has 2 aliphatic carbocycles. The average Bonchev–Trinajstić information content (AvgIpc) is 3.08. The minimum absolute atomic E-state index is 0.729. The first-order valence-corrected chi connectivity index (χ1v) is 7.91. The van der Waals surface area contributed by atoms with Crippen LogP contribution in [-0.2, 0) is 0 Å². The Morgan fingerprint density at radius 2 is 1.82 bits per heavy atom. The topological polar surface area (TPSA) is 12.0 Å². The van der Waals surface area contributed by atoms with E-state index in [-0.39, 0.29) is 0 Å². The number of hydrogen-bond donors (Lipinski definition) is 1. The number of nitrogens with one attached hydrogen (secondary N) is 1. The zero-order chi connectivity index (χ0) is 12.1. The SMILES string of the molecule is CC(C)CNCC1(CCC2CCCCC2)CC1. The summed E-state index contributed by atoms with van der Waals surface area (Å²) in [6.45, 7) is 7.09. The van der Waals surface area contributed by atoms with Gasteiger partial charge in [0, 0.05) is 6.54 Å². The van der Waals surface area contributed by atoms with Gasteiger partial charge in [-0.25, -0.2) is 0 Å². The van der Waals surface area contributed by atoms with Gasteiger partial charge in [-0.05, 0) is 49.5 Å². The van der Waals surface area contributed by atoms with Gasteiger partial charge in [-0.3, -0.25) is 0 Å². The predicted octanol–water partition coefficient (Wildman–Crippen LogP) is 4.37. The van der Waals surface area contributed by atoms with Crippen molar-refractivity contribution in [1.29, 1.82) is 0 Å². The average molecular weight is 237 g/mol. The molecule has 1 nitrogen and oxygen atoms in total. The minimum Gasteiger partial charge on any atom is -0.316 e. The molecule has 0 heterocycles. The van der Waals surface area contributed by atoms with Crippen LogP contribution in [0.5, 0.6) is 0 Å². The molecule has 100 valence electrons. The lowest BCUT2D eigenvalue weighted by Gasteiger charge is -2.24. The highest BCUT2D eigenvalue weighted by Gasteiger charge is 2.41. The second-order valence-electron chi connectivity index (χ2n) is 7.07. The fourth-order valence-electron chi connectivity index (χ4n) is 3.30. The minimum atomic E-state index is 0.729. The summed E-state index contributed by atoms with van der Waals surface area (Å²) in [6, 6.07) is 0. The molecule has 2 rings (SSSR count). The van der Waals surface area contributed by atoms with Gasteiger partial charge in [0.05, 0.1) is 0 Å². The highest BCUT2D eigenvalue weighted by molar-refractivity contribution is 4.95. The highest BCUT2D eigenvalue weighted by atomic mass is 14.9. The van der Waals surface area contributed by atoms with E-state index in [1.165, 1.54) is 70.9 Å². The van der Waals surface area contributed by atoms with Gasteiger partial charge in [0.1, 0.15) is 0 Å². The van der Waals surface area contributed by atoms with E-state index in [2.05, 4.69) is 19.2 Å². The highest BCUT2D eigenvalue weighted by Crippen LogP contribution is 2.50. The Hall–Kier alpha value is -0.0400. The van der Waals surface area contributed by atoms with Crippen LogP contribution < -0.4 is 5.32 Å². The van der Waals surface area contributed by atoms with Crippen LogP contribution in [0.25, 0.3) is 0 Å². The monoisotopic (exact) mass is 237 g/mol. The molecule has 0 bridgehead atoms. The van der Waals surface area contributed by atoms with Gasteiger partial charge in [0.25, 0.3) is 0 Å². The lowest BCUT2D eigenvalue weighted by molar-refractivity contribution is 0.294. The van der Waals surface area contributed by atoms with Gasteiger partial charge in [-0.15, -0.1) is 0 Å². The summed E-state index contributed by atoms with van der Waals surface area (Å²) in [5, 5.41) is 3.68. The van der Waals surface area contributed by atoms with Crippen molar-refractivity contribution in [3.63, 3.8) is 0 Å². The molecule has 2 saturated carbocycles. The van der Waals surface area contributed by atoms with Crippen LogP contribution >= 0.6 is 0 Å². The summed E-state index contributed by atoms with van der Waals surface area (Å²) >= 11 is 0. The zero-order valence-electron chi connectivity index (χ0n) is 11.9. The van der Waals surface area contributed by atoms with E-state index in [4.69, 9.17) is 0 Å². The molecular formula is C16H31N. The summed E-state index contributed by atoms with van der Waals surface area (Å²) in [5.41, 5.74) is 0.729. The first kappa shape index (κ1) is 13.4. The molecule has 17 heavy (non-hydrogen) atoms. The van der Waals surface area contributed by atoms with Gasteiger partial charge < -0.3 is 5.32 Å². The zero-order valence-corrected chi connectivity index (χ0v) is 11.9. The normalized spacial score (nSPS) is 24.2. The Morgan fingerprint density at radius 3 is 2.41 bits per heavy atom. The molecule has 0 aromatic carbocycles. The van der Waals surface area contributed by atoms with Gasteiger partial charge in [0.15, 0.2) is 0 Å². The maximum atomic E-state index is 3.68. The largest absolute Gasteiger partial charge is 0.316 e. The van der Waals surface area contributed by atoms with Crippen molar-refractivity contribution in [1.82, 2.24) is 5.32 Å². The molecule has 0 atom stereocenters. The molecule has 0 aliphatic heterocycles. The van der Waals surface area contributed by atoms with Crippen molar-refractivity contribution in [3.05, 3.63) is 0 Å². The second kappa shape index (κ2) is 6.22. The van der Waals surface area contributed by atoms with Gasteiger partial charge in [0.2, 0.25) is 0 Å². The summed E-state index contributed by atoms with van der Waals surface area (Å²) in [6.07, 6.45) is 13.6. The molecule has 0 aromatic heterocycles. The van der Waals surface area contributed by atoms with E-state index in [1.54, 1.807) is 0 Å². The van der Waals surface area contributed by atoms with Crippen molar-refractivity contribution in [3.8, 4) is 0 Å². The fourth-order valence-corrected chi connectivity index (χ4v) is 3.30. The molecule has 1 heteroatoms. The molecule has 0 saturated heterocycles. The maximum absolute atomic E-state index is 3.68. The standard InChI is InChI=1S/C16H31N/c1-14(2)12-17-13-16(10-11-16)9-8-15-6-4-3-5-7-15/h14-15,17H,3-13H2,1-2H3. The Morgan fingerprint density at radius 1 is 1.12 bits per heavy atom. The van der Waals surface area contributed by atoms with Crippen LogP contribution in [0.1, 0.15) is 71.6 Å². The Kier molecular flexibility index (Phi) is 4.90. The quantitative estimate of drug-likeness (QED) is 0.693. The molecule has 0 unspecified atom stereocenters. The number of rotatable bonds is 7. The molecular weight excluding hydrogens is 206 g/mol. The van der Waals surface area contributed by atoms with Crippen LogP contribution in [0, 0.1) is 17.3 Å².